The molecule has 0 bridgehead atoms. The van der Waals surface area contributed by atoms with Gasteiger partial charge >= 0.3 is 12.4 Å². The molecule has 4 aromatic carbocycles. The summed E-state index contributed by atoms with van der Waals surface area (Å²) in [6, 6.07) is 21.2. The van der Waals surface area contributed by atoms with Gasteiger partial charge in [-0.05, 0) is 23.3 Å². The van der Waals surface area contributed by atoms with Gasteiger partial charge in [0.1, 0.15) is 0 Å². The van der Waals surface area contributed by atoms with Crippen LogP contribution in [0.1, 0.15) is 11.1 Å². The van der Waals surface area contributed by atoms with Crippen molar-refractivity contribution in [1.82, 2.24) is 20.4 Å². The number of benzene rings is 4. The fraction of sp³-hybridized carbons (Fsp3) is 0.0968. The fourth-order valence-corrected chi connectivity index (χ4v) is 5.41. The number of aromatic nitrogens is 4. The minimum absolute atomic E-state index is 0.0606. The van der Waals surface area contributed by atoms with E-state index < -0.39 is 50.8 Å². The summed E-state index contributed by atoms with van der Waals surface area (Å²) in [5.41, 5.74) is -7.71. The van der Waals surface area contributed by atoms with Gasteiger partial charge in [-0.2, -0.15) is 36.5 Å². The average Bonchev–Trinajstić information content (AvgIpc) is 2.98. The largest absolute Gasteiger partial charge is 0.411 e. The molecule has 0 aliphatic carbocycles. The van der Waals surface area contributed by atoms with Gasteiger partial charge in [0.15, 0.2) is 0 Å². The molecule has 2 N–H and O–H groups in total. The second-order valence-corrected chi connectivity index (χ2v) is 9.80. The number of nitrogens with one attached hydrogen (secondary N) is 2. The van der Waals surface area contributed by atoms with Crippen LogP contribution in [0, 0.1) is 0 Å². The Hall–Kier alpha value is -5.26. The molecule has 0 fully saturated rings. The van der Waals surface area contributed by atoms with Crippen LogP contribution in [0.25, 0.3) is 44.1 Å². The van der Waals surface area contributed by atoms with E-state index in [0.29, 0.717) is 35.4 Å². The maximum atomic E-state index is 15.0. The third-order valence-electron chi connectivity index (χ3n) is 7.39. The first kappa shape index (κ1) is 27.9. The summed E-state index contributed by atoms with van der Waals surface area (Å²) in [4.78, 5) is 25.5. The molecular formula is C31H18F6N4O2. The molecule has 0 aliphatic heterocycles. The highest BCUT2D eigenvalue weighted by atomic mass is 19.4. The van der Waals surface area contributed by atoms with Gasteiger partial charge in [0, 0.05) is 21.9 Å². The smallest absolute Gasteiger partial charge is 0.267 e. The predicted octanol–water partition coefficient (Wildman–Crippen LogP) is 6.90. The van der Waals surface area contributed by atoms with Crippen molar-refractivity contribution in [2.24, 2.45) is 0 Å². The zero-order chi connectivity index (χ0) is 30.6. The number of alkyl halides is 6. The van der Waals surface area contributed by atoms with Crippen LogP contribution in [0.5, 0.6) is 0 Å². The number of fused-ring (bicyclic) bond motifs is 2. The van der Waals surface area contributed by atoms with Gasteiger partial charge in [-0.15, -0.1) is 0 Å². The predicted molar refractivity (Wildman–Crippen MR) is 148 cm³/mol. The lowest BCUT2D eigenvalue weighted by Gasteiger charge is -2.38. The molecule has 0 aliphatic rings. The zero-order valence-corrected chi connectivity index (χ0v) is 21.7. The van der Waals surface area contributed by atoms with E-state index in [1.165, 1.54) is 0 Å². The summed E-state index contributed by atoms with van der Waals surface area (Å²) < 4.78 is 90.1. The second kappa shape index (κ2) is 9.93. The van der Waals surface area contributed by atoms with E-state index in [2.05, 4.69) is 20.4 Å². The summed E-state index contributed by atoms with van der Waals surface area (Å²) in [6.45, 7) is 0. The van der Waals surface area contributed by atoms with Crippen LogP contribution < -0.4 is 11.1 Å². The zero-order valence-electron chi connectivity index (χ0n) is 21.7. The molecular weight excluding hydrogens is 574 g/mol. The van der Waals surface area contributed by atoms with Gasteiger partial charge in [0.25, 0.3) is 11.1 Å². The summed E-state index contributed by atoms with van der Waals surface area (Å²) in [7, 11) is 0. The first-order valence-corrected chi connectivity index (χ1v) is 12.7. The maximum Gasteiger partial charge on any atom is 0.411 e. The SMILES string of the molecule is O=c1[nH]nc(-c2ccccc2)c2ccc(C(c3ccc4c(-c5ccccc5)n[nH]c(=O)c4c3)(C(F)(F)F)C(F)(F)F)cc12. The van der Waals surface area contributed by atoms with Gasteiger partial charge in [-0.1, -0.05) is 84.9 Å². The molecule has 0 unspecified atom stereocenters. The number of aromatic amines is 2. The molecule has 2 aromatic heterocycles. The minimum atomic E-state index is -5.95. The van der Waals surface area contributed by atoms with Gasteiger partial charge in [-0.3, -0.25) is 9.59 Å². The Morgan fingerprint density at radius 1 is 0.488 bits per heavy atom. The van der Waals surface area contributed by atoms with Gasteiger partial charge < -0.3 is 0 Å². The van der Waals surface area contributed by atoms with Crippen LogP contribution >= 0.6 is 0 Å². The first-order chi connectivity index (χ1) is 20.4. The summed E-state index contributed by atoms with van der Waals surface area (Å²) in [5, 5.41) is 11.6. The molecule has 216 valence electrons. The number of rotatable bonds is 4. The lowest BCUT2D eigenvalue weighted by atomic mass is 9.72. The molecule has 0 amide bonds. The normalized spacial score (nSPS) is 12.6. The Kier molecular flexibility index (Phi) is 6.44. The van der Waals surface area contributed by atoms with Crippen LogP contribution in [-0.4, -0.2) is 32.7 Å². The minimum Gasteiger partial charge on any atom is -0.267 e. The highest BCUT2D eigenvalue weighted by Gasteiger charge is 2.72. The quantitative estimate of drug-likeness (QED) is 0.218. The van der Waals surface area contributed by atoms with Crippen LogP contribution in [0.4, 0.5) is 26.3 Å². The van der Waals surface area contributed by atoms with E-state index in [1.807, 2.05) is 0 Å². The van der Waals surface area contributed by atoms with Crippen LogP contribution in [0.3, 0.4) is 0 Å². The molecule has 6 aromatic rings. The molecule has 0 saturated heterocycles. The molecule has 12 heteroatoms. The van der Waals surface area contributed by atoms with Crippen molar-refractivity contribution in [3.8, 4) is 22.5 Å². The molecule has 0 spiro atoms. The Morgan fingerprint density at radius 3 is 1.21 bits per heavy atom. The van der Waals surface area contributed by atoms with Gasteiger partial charge in [-0.25, -0.2) is 10.2 Å². The topological polar surface area (TPSA) is 91.5 Å². The average molecular weight is 592 g/mol. The number of hydrogen-bond acceptors (Lipinski definition) is 4. The highest BCUT2D eigenvalue weighted by Crippen LogP contribution is 2.56. The summed E-state index contributed by atoms with van der Waals surface area (Å²) in [6.07, 6.45) is -11.9. The Bertz CT molecular complexity index is 1950. The van der Waals surface area contributed by atoms with Crippen molar-refractivity contribution >= 4 is 21.5 Å². The van der Waals surface area contributed by atoms with E-state index >= 15 is 26.3 Å². The monoisotopic (exact) mass is 592 g/mol. The first-order valence-electron chi connectivity index (χ1n) is 12.7. The molecule has 2 heterocycles. The van der Waals surface area contributed by atoms with Gasteiger partial charge in [0.2, 0.25) is 5.41 Å². The Balaban J connectivity index is 1.66. The lowest BCUT2D eigenvalue weighted by molar-refractivity contribution is -0.288. The van der Waals surface area contributed by atoms with Crippen molar-refractivity contribution in [2.75, 3.05) is 0 Å². The molecule has 0 atom stereocenters. The van der Waals surface area contributed by atoms with Crippen molar-refractivity contribution in [2.45, 2.75) is 17.8 Å². The van der Waals surface area contributed by atoms with Crippen molar-refractivity contribution in [1.29, 1.82) is 0 Å². The van der Waals surface area contributed by atoms with E-state index in [1.54, 1.807) is 60.7 Å². The van der Waals surface area contributed by atoms with Crippen molar-refractivity contribution < 1.29 is 26.3 Å². The summed E-state index contributed by atoms with van der Waals surface area (Å²) >= 11 is 0. The van der Waals surface area contributed by atoms with E-state index in [9.17, 15) is 9.59 Å². The molecule has 0 radical (unpaired) electrons. The lowest BCUT2D eigenvalue weighted by Crippen LogP contribution is -2.54. The van der Waals surface area contributed by atoms with Crippen LogP contribution in [-0.2, 0) is 5.41 Å². The second-order valence-electron chi connectivity index (χ2n) is 9.80. The van der Waals surface area contributed by atoms with Crippen molar-refractivity contribution in [3.63, 3.8) is 0 Å². The van der Waals surface area contributed by atoms with E-state index in [-0.39, 0.29) is 22.2 Å². The Labute approximate surface area is 237 Å². The van der Waals surface area contributed by atoms with Crippen LogP contribution in [0.2, 0.25) is 0 Å². The third kappa shape index (κ3) is 4.37. The number of H-pyrrole nitrogens is 2. The number of hydrogen-bond donors (Lipinski definition) is 2. The number of nitrogens with zero attached hydrogens (tertiary/aromatic N) is 2. The van der Waals surface area contributed by atoms with E-state index in [0.717, 1.165) is 12.1 Å². The summed E-state index contributed by atoms with van der Waals surface area (Å²) in [5.74, 6) is 0. The standard InChI is InChI=1S/C31H18F6N4O2/c32-30(33,34)29(31(35,36)37,19-11-13-21-23(15-19)27(42)40-38-25(21)17-7-3-1-4-8-17)20-12-14-22-24(16-20)28(43)41-39-26(22)18-9-5-2-6-10-18/h1-16H,(H,40,42)(H,41,43). The number of halogens is 6. The maximum absolute atomic E-state index is 15.0. The third-order valence-corrected chi connectivity index (χ3v) is 7.39. The van der Waals surface area contributed by atoms with Crippen molar-refractivity contribution in [3.05, 3.63) is 129 Å². The molecule has 6 rings (SSSR count). The highest BCUT2D eigenvalue weighted by molar-refractivity contribution is 5.95. The fourth-order valence-electron chi connectivity index (χ4n) is 5.41. The molecule has 0 saturated carbocycles. The van der Waals surface area contributed by atoms with Gasteiger partial charge in [0.05, 0.1) is 22.2 Å². The molecule has 43 heavy (non-hydrogen) atoms. The molecule has 6 nitrogen and oxygen atoms in total. The Morgan fingerprint density at radius 2 is 0.860 bits per heavy atom. The van der Waals surface area contributed by atoms with E-state index in [4.69, 9.17) is 0 Å². The van der Waals surface area contributed by atoms with Crippen LogP contribution in [0.15, 0.2) is 107 Å².